The normalized spacial score (nSPS) is 23.2. The summed E-state index contributed by atoms with van der Waals surface area (Å²) < 4.78 is 17.3. The van der Waals surface area contributed by atoms with Gasteiger partial charge >= 0.3 is 6.09 Å². The van der Waals surface area contributed by atoms with Gasteiger partial charge in [-0.3, -0.25) is 4.90 Å². The maximum atomic E-state index is 12.5. The number of aromatic nitrogens is 4. The summed E-state index contributed by atoms with van der Waals surface area (Å²) in [6.45, 7) is 11.0. The Morgan fingerprint density at radius 2 is 2.05 bits per heavy atom. The monoisotopic (exact) mass is 588 g/mol. The van der Waals surface area contributed by atoms with Crippen molar-refractivity contribution in [3.63, 3.8) is 0 Å². The molecule has 3 aliphatic rings. The molecule has 3 atom stereocenters. The van der Waals surface area contributed by atoms with E-state index in [-0.39, 0.29) is 29.9 Å². The molecule has 0 aromatic carbocycles. The largest absolute Gasteiger partial charge is 0.473 e. The molecular weight excluding hydrogens is 548 g/mol. The van der Waals surface area contributed by atoms with Crippen LogP contribution in [-0.2, 0) is 15.9 Å². The number of hydrogen-bond acceptors (Lipinski definition) is 11. The summed E-state index contributed by atoms with van der Waals surface area (Å²) in [5, 5.41) is 6.62. The van der Waals surface area contributed by atoms with Gasteiger partial charge in [-0.2, -0.15) is 4.98 Å². The van der Waals surface area contributed by atoms with Crippen molar-refractivity contribution in [3.8, 4) is 5.88 Å². The number of ether oxygens (including phenoxy) is 3. The molecule has 2 N–H and O–H groups in total. The number of pyridine rings is 2. The minimum atomic E-state index is -0.386. The lowest BCUT2D eigenvalue weighted by atomic mass is 9.92. The third kappa shape index (κ3) is 6.50. The molecule has 0 saturated carbocycles. The maximum Gasteiger partial charge on any atom is 0.415 e. The smallest absolute Gasteiger partial charge is 0.415 e. The minimum Gasteiger partial charge on any atom is -0.473 e. The minimum absolute atomic E-state index is 0.0608. The second-order valence-electron chi connectivity index (χ2n) is 11.9. The zero-order valence-electron chi connectivity index (χ0n) is 25.2. The van der Waals surface area contributed by atoms with Gasteiger partial charge in [0.15, 0.2) is 0 Å². The Balaban J connectivity index is 1.33. The first-order valence-corrected chi connectivity index (χ1v) is 15.1. The summed E-state index contributed by atoms with van der Waals surface area (Å²) in [5.41, 5.74) is 1.44. The van der Waals surface area contributed by atoms with Crippen molar-refractivity contribution in [2.45, 2.75) is 77.2 Å². The quantitative estimate of drug-likeness (QED) is 0.359. The highest BCUT2D eigenvalue weighted by Crippen LogP contribution is 2.37. The molecule has 43 heavy (non-hydrogen) atoms. The number of nitrogens with one attached hydrogen (secondary N) is 2. The summed E-state index contributed by atoms with van der Waals surface area (Å²) in [6, 6.07) is 9.47. The first-order chi connectivity index (χ1) is 20.8. The second kappa shape index (κ2) is 12.3. The molecule has 3 aromatic heterocycles. The number of carbonyl (C=O) groups excluding carboxylic acids is 1. The van der Waals surface area contributed by atoms with Crippen LogP contribution in [0.25, 0.3) is 0 Å². The highest BCUT2D eigenvalue weighted by atomic mass is 16.6. The van der Waals surface area contributed by atoms with Crippen molar-refractivity contribution < 1.29 is 19.0 Å². The van der Waals surface area contributed by atoms with Crippen molar-refractivity contribution >= 4 is 35.2 Å². The third-order valence-electron chi connectivity index (χ3n) is 8.08. The van der Waals surface area contributed by atoms with E-state index >= 15 is 0 Å². The van der Waals surface area contributed by atoms with Gasteiger partial charge in [0.05, 0.1) is 23.5 Å². The van der Waals surface area contributed by atoms with E-state index < -0.39 is 0 Å². The van der Waals surface area contributed by atoms with Crippen LogP contribution in [-0.4, -0.2) is 76.1 Å². The van der Waals surface area contributed by atoms with Crippen LogP contribution in [0.15, 0.2) is 42.7 Å². The van der Waals surface area contributed by atoms with Gasteiger partial charge in [-0.25, -0.2) is 19.7 Å². The summed E-state index contributed by atoms with van der Waals surface area (Å²) in [5.74, 6) is 3.07. The molecule has 0 aliphatic carbocycles. The van der Waals surface area contributed by atoms with E-state index in [4.69, 9.17) is 24.2 Å². The van der Waals surface area contributed by atoms with E-state index in [1.54, 1.807) is 11.1 Å². The van der Waals surface area contributed by atoms with Gasteiger partial charge in [-0.15, -0.1) is 0 Å². The van der Waals surface area contributed by atoms with Crippen LogP contribution >= 0.6 is 0 Å². The molecule has 3 saturated heterocycles. The molecule has 1 amide bonds. The van der Waals surface area contributed by atoms with E-state index in [1.165, 1.54) is 0 Å². The highest BCUT2D eigenvalue weighted by molar-refractivity contribution is 5.89. The number of anilines is 5. The van der Waals surface area contributed by atoms with Gasteiger partial charge in [0.2, 0.25) is 11.8 Å². The molecule has 0 unspecified atom stereocenters. The third-order valence-corrected chi connectivity index (χ3v) is 8.08. The predicted octanol–water partition coefficient (Wildman–Crippen LogP) is 4.75. The molecule has 3 aromatic rings. The van der Waals surface area contributed by atoms with E-state index in [0.29, 0.717) is 36.7 Å². The Hall–Kier alpha value is -4.03. The molecule has 3 aliphatic heterocycles. The Morgan fingerprint density at radius 3 is 2.74 bits per heavy atom. The molecule has 12 nitrogen and oxygen atoms in total. The van der Waals surface area contributed by atoms with E-state index in [9.17, 15) is 4.79 Å². The number of aryl methyl sites for hydroxylation is 1. The molecule has 12 heteroatoms. The Labute approximate surface area is 252 Å². The number of nitrogens with zero attached hydrogens (tertiary/aromatic N) is 6. The van der Waals surface area contributed by atoms with Crippen LogP contribution in [0.5, 0.6) is 5.88 Å². The van der Waals surface area contributed by atoms with E-state index in [0.717, 1.165) is 55.8 Å². The Morgan fingerprint density at radius 1 is 1.16 bits per heavy atom. The van der Waals surface area contributed by atoms with Gasteiger partial charge < -0.3 is 29.7 Å². The molecule has 0 bridgehead atoms. The highest BCUT2D eigenvalue weighted by Gasteiger charge is 2.37. The van der Waals surface area contributed by atoms with Crippen LogP contribution in [0.4, 0.5) is 33.9 Å². The van der Waals surface area contributed by atoms with Gasteiger partial charge in [-0.1, -0.05) is 13.0 Å². The van der Waals surface area contributed by atoms with Crippen LogP contribution in [0.1, 0.15) is 52.5 Å². The lowest BCUT2D eigenvalue weighted by Gasteiger charge is -2.42. The number of rotatable bonds is 9. The standard InChI is InChI=1S/C31H40N8O4/c1-5-21-16-34-29(35-22-9-10-27(33-17-22)43-24-11-13-32-18-24)37-28(21)39(23-12-14-42-31(3,4)15-23)26-8-6-7-25(36-26)38-20(2)19-41-30(38)40/h6-10,16-17,20,23-24,32H,5,11-15,18-19H2,1-4H3,(H,34,35,37)/t20-,23+,24-/m0/s1. The molecule has 6 rings (SSSR count). The molecule has 0 radical (unpaired) electrons. The van der Waals surface area contributed by atoms with E-state index in [2.05, 4.69) is 46.3 Å². The fraction of sp³-hybridized carbons (Fsp3) is 0.516. The average molecular weight is 589 g/mol. The van der Waals surface area contributed by atoms with Crippen molar-refractivity contribution in [3.05, 3.63) is 48.3 Å². The Bertz CT molecular complexity index is 1430. The number of hydrogen-bond donors (Lipinski definition) is 2. The summed E-state index contributed by atoms with van der Waals surface area (Å²) in [6.07, 6.45) is 6.64. The van der Waals surface area contributed by atoms with Gasteiger partial charge in [0.25, 0.3) is 0 Å². The molecule has 3 fully saturated rings. The van der Waals surface area contributed by atoms with Crippen molar-refractivity contribution in [1.82, 2.24) is 25.3 Å². The fourth-order valence-corrected chi connectivity index (χ4v) is 5.87. The zero-order valence-corrected chi connectivity index (χ0v) is 25.2. The summed E-state index contributed by atoms with van der Waals surface area (Å²) in [7, 11) is 0. The van der Waals surface area contributed by atoms with Crippen LogP contribution in [0, 0.1) is 0 Å². The molecule has 228 valence electrons. The maximum absolute atomic E-state index is 12.5. The fourth-order valence-electron chi connectivity index (χ4n) is 5.87. The number of cyclic esters (lactones) is 1. The van der Waals surface area contributed by atoms with Crippen molar-refractivity contribution in [2.75, 3.05) is 41.4 Å². The topological polar surface area (TPSA) is 127 Å². The second-order valence-corrected chi connectivity index (χ2v) is 11.9. The SMILES string of the molecule is CCc1cnc(Nc2ccc(O[C@H]3CCNC3)nc2)nc1N(c1cccc(N2C(=O)OC[C@@H]2C)n1)[C@@H]1CCOC(C)(C)C1. The number of carbonyl (C=O) groups is 1. The molecular formula is C31H40N8O4. The zero-order chi connectivity index (χ0) is 30.0. The van der Waals surface area contributed by atoms with Gasteiger partial charge in [0.1, 0.15) is 30.2 Å². The molecule has 0 spiro atoms. The lowest BCUT2D eigenvalue weighted by Crippen LogP contribution is -2.45. The van der Waals surface area contributed by atoms with Crippen LogP contribution in [0.2, 0.25) is 0 Å². The predicted molar refractivity (Wildman–Crippen MR) is 164 cm³/mol. The van der Waals surface area contributed by atoms with E-state index in [1.807, 2.05) is 43.5 Å². The Kier molecular flexibility index (Phi) is 8.31. The van der Waals surface area contributed by atoms with Gasteiger partial charge in [-0.05, 0) is 71.2 Å². The first-order valence-electron chi connectivity index (χ1n) is 15.1. The first kappa shape index (κ1) is 29.1. The number of amides is 1. The van der Waals surface area contributed by atoms with Crippen LogP contribution < -0.4 is 25.2 Å². The van der Waals surface area contributed by atoms with Gasteiger partial charge in [0, 0.05) is 37.0 Å². The summed E-state index contributed by atoms with van der Waals surface area (Å²) in [4.78, 5) is 35.5. The molecule has 6 heterocycles. The van der Waals surface area contributed by atoms with Crippen molar-refractivity contribution in [2.24, 2.45) is 0 Å². The van der Waals surface area contributed by atoms with Crippen LogP contribution in [0.3, 0.4) is 0 Å². The van der Waals surface area contributed by atoms with Crippen molar-refractivity contribution in [1.29, 1.82) is 0 Å². The lowest BCUT2D eigenvalue weighted by molar-refractivity contribution is -0.0579. The summed E-state index contributed by atoms with van der Waals surface area (Å²) >= 11 is 0. The average Bonchev–Trinajstić information content (AvgIpc) is 3.63.